The number of benzene rings is 4. The molecule has 0 atom stereocenters. The van der Waals surface area contributed by atoms with Gasteiger partial charge < -0.3 is 0 Å². The van der Waals surface area contributed by atoms with Gasteiger partial charge in [0.1, 0.15) is 0 Å². The summed E-state index contributed by atoms with van der Waals surface area (Å²) >= 11 is 1.88. The molecule has 0 bridgehead atoms. The lowest BCUT2D eigenvalue weighted by Gasteiger charge is -2.21. The minimum absolute atomic E-state index is 0.136. The Morgan fingerprint density at radius 3 is 1.94 bits per heavy atom. The summed E-state index contributed by atoms with van der Waals surface area (Å²) in [6.45, 7) is 19.4. The van der Waals surface area contributed by atoms with Gasteiger partial charge in [0.25, 0.3) is 0 Å². The first-order chi connectivity index (χ1) is 17.4. The largest absolute Gasteiger partial charge is 0.135 e. The van der Waals surface area contributed by atoms with Crippen LogP contribution >= 0.6 is 11.3 Å². The average molecular weight is 495 g/mol. The Hall–Kier alpha value is -2.90. The van der Waals surface area contributed by atoms with E-state index in [4.69, 9.17) is 0 Å². The monoisotopic (exact) mass is 494 g/mol. The van der Waals surface area contributed by atoms with Crippen LogP contribution in [0.3, 0.4) is 0 Å². The topological polar surface area (TPSA) is 0 Å². The third-order valence-corrected chi connectivity index (χ3v) is 8.01. The molecule has 36 heavy (non-hydrogen) atoms. The zero-order chi connectivity index (χ0) is 26.5. The van der Waals surface area contributed by atoms with Crippen molar-refractivity contribution in [2.75, 3.05) is 0 Å². The fraction of sp³-hybridized carbons (Fsp3) is 0.314. The molecule has 0 radical (unpaired) electrons. The number of fused-ring (bicyclic) bond motifs is 6. The zero-order valence-electron chi connectivity index (χ0n) is 23.6. The van der Waals surface area contributed by atoms with Gasteiger partial charge in [-0.25, -0.2) is 0 Å². The van der Waals surface area contributed by atoms with Gasteiger partial charge in [-0.3, -0.25) is 0 Å². The van der Waals surface area contributed by atoms with Gasteiger partial charge in [0.2, 0.25) is 0 Å². The van der Waals surface area contributed by atoms with Crippen LogP contribution in [0.5, 0.6) is 0 Å². The lowest BCUT2D eigenvalue weighted by Crippen LogP contribution is -2.14. The van der Waals surface area contributed by atoms with Crippen LogP contribution in [0.25, 0.3) is 31.3 Å². The molecule has 0 fully saturated rings. The van der Waals surface area contributed by atoms with Crippen molar-refractivity contribution in [2.45, 2.75) is 73.6 Å². The van der Waals surface area contributed by atoms with Gasteiger partial charge in [0.15, 0.2) is 0 Å². The van der Waals surface area contributed by atoms with E-state index < -0.39 is 0 Å². The van der Waals surface area contributed by atoms with Gasteiger partial charge in [-0.2, -0.15) is 0 Å². The van der Waals surface area contributed by atoms with Crippen molar-refractivity contribution in [3.05, 3.63) is 107 Å². The van der Waals surface area contributed by atoms with E-state index >= 15 is 0 Å². The van der Waals surface area contributed by atoms with Crippen molar-refractivity contribution in [1.29, 1.82) is 0 Å². The molecule has 0 amide bonds. The summed E-state index contributed by atoms with van der Waals surface area (Å²) in [5.41, 5.74) is 8.85. The maximum Gasteiger partial charge on any atom is 0.0358 e. The second-order valence-corrected chi connectivity index (χ2v) is 10.7. The van der Waals surface area contributed by atoms with Crippen molar-refractivity contribution in [2.24, 2.45) is 0 Å². The molecule has 0 saturated heterocycles. The molecule has 0 unspecified atom stereocenters. The van der Waals surface area contributed by atoms with E-state index in [0.29, 0.717) is 5.92 Å². The lowest BCUT2D eigenvalue weighted by molar-refractivity contribution is 0.659. The molecule has 1 aromatic heterocycles. The Labute approximate surface area is 223 Å². The van der Waals surface area contributed by atoms with Crippen LogP contribution < -0.4 is 0 Å². The number of rotatable bonds is 1. The second kappa shape index (κ2) is 11.9. The molecule has 5 aromatic rings. The van der Waals surface area contributed by atoms with Crippen molar-refractivity contribution >= 4 is 31.5 Å². The first kappa shape index (κ1) is 27.7. The molecule has 1 aliphatic carbocycles. The molecule has 0 N–H and O–H groups in total. The quantitative estimate of drug-likeness (QED) is 0.217. The summed E-state index contributed by atoms with van der Waals surface area (Å²) in [6, 6.07) is 30.8. The van der Waals surface area contributed by atoms with E-state index in [2.05, 4.69) is 120 Å². The highest BCUT2D eigenvalue weighted by atomic mass is 32.1. The standard InChI is InChI=1S/C18H20.C13H10S.2C2H6/c1-12(2)13-9-7-11-16-17(13)14-8-5-6-10-15(14)18(16,3)4;1-9-5-4-8-12-13(9)10-6-2-3-7-11(10)14-12;2*1-2/h5-12H,1-4H3;2-8H,1H3;2*1-2H3. The van der Waals surface area contributed by atoms with Crippen LogP contribution in [0, 0.1) is 6.92 Å². The van der Waals surface area contributed by atoms with Gasteiger partial charge in [0, 0.05) is 25.6 Å². The van der Waals surface area contributed by atoms with E-state index in [1.165, 1.54) is 53.6 Å². The van der Waals surface area contributed by atoms with Gasteiger partial charge in [-0.15, -0.1) is 11.3 Å². The highest BCUT2D eigenvalue weighted by Gasteiger charge is 2.36. The number of hydrogen-bond acceptors (Lipinski definition) is 1. The highest BCUT2D eigenvalue weighted by Crippen LogP contribution is 2.50. The summed E-state index contributed by atoms with van der Waals surface area (Å²) < 4.78 is 2.78. The van der Waals surface area contributed by atoms with E-state index in [1.807, 2.05) is 39.0 Å². The molecule has 0 spiro atoms. The molecule has 0 aliphatic heterocycles. The SMILES string of the molecule is CC.CC.CC(C)c1cccc2c1-c1ccccc1C2(C)C.Cc1cccc2sc3ccccc3c12. The summed E-state index contributed by atoms with van der Waals surface area (Å²) in [7, 11) is 0. The van der Waals surface area contributed by atoms with E-state index in [9.17, 15) is 0 Å². The maximum absolute atomic E-state index is 2.34. The van der Waals surface area contributed by atoms with Crippen LogP contribution in [0.1, 0.15) is 83.6 Å². The third kappa shape index (κ3) is 5.00. The summed E-state index contributed by atoms with van der Waals surface area (Å²) in [5, 5.41) is 2.82. The second-order valence-electron chi connectivity index (χ2n) is 9.64. The fourth-order valence-electron chi connectivity index (χ4n) is 5.22. The van der Waals surface area contributed by atoms with E-state index in [0.717, 1.165) is 0 Å². The van der Waals surface area contributed by atoms with E-state index in [1.54, 1.807) is 0 Å². The molecule has 4 aromatic carbocycles. The minimum atomic E-state index is 0.136. The molecular weight excluding hydrogens is 452 g/mol. The van der Waals surface area contributed by atoms with Crippen LogP contribution in [-0.4, -0.2) is 0 Å². The van der Waals surface area contributed by atoms with Crippen molar-refractivity contribution in [3.8, 4) is 11.1 Å². The van der Waals surface area contributed by atoms with Crippen molar-refractivity contribution in [1.82, 2.24) is 0 Å². The Morgan fingerprint density at radius 2 is 1.22 bits per heavy atom. The van der Waals surface area contributed by atoms with Gasteiger partial charge >= 0.3 is 0 Å². The van der Waals surface area contributed by atoms with Crippen LogP contribution in [-0.2, 0) is 5.41 Å². The molecule has 1 heterocycles. The maximum atomic E-state index is 2.34. The van der Waals surface area contributed by atoms with Gasteiger partial charge in [-0.05, 0) is 58.4 Å². The number of aryl methyl sites for hydroxylation is 1. The first-order valence-corrected chi connectivity index (χ1v) is 14.3. The van der Waals surface area contributed by atoms with Crippen LogP contribution in [0.4, 0.5) is 0 Å². The minimum Gasteiger partial charge on any atom is -0.135 e. The Balaban J connectivity index is 0.000000180. The third-order valence-electron chi connectivity index (χ3n) is 6.87. The average Bonchev–Trinajstić information content (AvgIpc) is 3.41. The highest BCUT2D eigenvalue weighted by molar-refractivity contribution is 7.25. The predicted molar refractivity (Wildman–Crippen MR) is 165 cm³/mol. The number of thiophene rings is 1. The zero-order valence-corrected chi connectivity index (χ0v) is 24.4. The summed E-state index contributed by atoms with van der Waals surface area (Å²) in [5.74, 6) is 0.571. The molecule has 1 aliphatic rings. The molecule has 188 valence electrons. The lowest BCUT2D eigenvalue weighted by atomic mass is 9.82. The molecule has 0 nitrogen and oxygen atoms in total. The Kier molecular flexibility index (Phi) is 9.14. The number of hydrogen-bond donors (Lipinski definition) is 0. The van der Waals surface area contributed by atoms with Gasteiger partial charge in [-0.1, -0.05) is 128 Å². The summed E-state index contributed by atoms with van der Waals surface area (Å²) in [6.07, 6.45) is 0. The molecule has 1 heteroatoms. The van der Waals surface area contributed by atoms with Gasteiger partial charge in [0.05, 0.1) is 0 Å². The first-order valence-electron chi connectivity index (χ1n) is 13.5. The smallest absolute Gasteiger partial charge is 0.0358 e. The van der Waals surface area contributed by atoms with Crippen LogP contribution in [0.15, 0.2) is 84.9 Å². The molecule has 6 rings (SSSR count). The van der Waals surface area contributed by atoms with Crippen molar-refractivity contribution < 1.29 is 0 Å². The Bertz CT molecular complexity index is 1430. The van der Waals surface area contributed by atoms with Crippen LogP contribution in [0.2, 0.25) is 0 Å². The fourth-order valence-corrected chi connectivity index (χ4v) is 6.40. The normalized spacial score (nSPS) is 12.5. The predicted octanol–water partition coefficient (Wildman–Crippen LogP) is 11.5. The van der Waals surface area contributed by atoms with E-state index in [-0.39, 0.29) is 5.41 Å². The van der Waals surface area contributed by atoms with Crippen molar-refractivity contribution in [3.63, 3.8) is 0 Å². The summed E-state index contributed by atoms with van der Waals surface area (Å²) in [4.78, 5) is 0. The molecular formula is C35H42S. The Morgan fingerprint density at radius 1 is 0.639 bits per heavy atom. The molecule has 0 saturated carbocycles.